The van der Waals surface area contributed by atoms with E-state index in [0.29, 0.717) is 5.00 Å². The summed E-state index contributed by atoms with van der Waals surface area (Å²) in [6, 6.07) is 9.08. The van der Waals surface area contributed by atoms with E-state index in [-0.39, 0.29) is 17.9 Å². The van der Waals surface area contributed by atoms with Gasteiger partial charge in [0.1, 0.15) is 5.00 Å². The van der Waals surface area contributed by atoms with Crippen LogP contribution in [0.3, 0.4) is 0 Å². The van der Waals surface area contributed by atoms with Crippen molar-refractivity contribution in [2.45, 2.75) is 19.8 Å². The molecule has 0 atom stereocenters. The number of thiophene rings is 1. The van der Waals surface area contributed by atoms with Crippen molar-refractivity contribution in [3.8, 4) is 0 Å². The standard InChI is InChI=1S/C15H14BrNO3S/c1-2-11-8-12(15(19)20)14(21-11)17-13(18)7-9-4-3-5-10(16)6-9/h3-6,8H,2,7H2,1H3,(H,17,18)(H,19,20). The second-order valence-corrected chi connectivity index (χ2v) is 6.52. The first-order chi connectivity index (χ1) is 9.99. The Morgan fingerprint density at radius 1 is 1.33 bits per heavy atom. The summed E-state index contributed by atoms with van der Waals surface area (Å²) in [6.45, 7) is 1.95. The molecule has 2 N–H and O–H groups in total. The maximum absolute atomic E-state index is 12.1. The topological polar surface area (TPSA) is 66.4 Å². The van der Waals surface area contributed by atoms with Gasteiger partial charge in [0, 0.05) is 9.35 Å². The Hall–Kier alpha value is -1.66. The Morgan fingerprint density at radius 3 is 2.71 bits per heavy atom. The number of anilines is 1. The third-order valence-electron chi connectivity index (χ3n) is 2.87. The van der Waals surface area contributed by atoms with E-state index in [9.17, 15) is 9.59 Å². The van der Waals surface area contributed by atoms with Gasteiger partial charge in [0.2, 0.25) is 5.91 Å². The lowest BCUT2D eigenvalue weighted by atomic mass is 10.1. The van der Waals surface area contributed by atoms with Gasteiger partial charge in [0.25, 0.3) is 0 Å². The molecule has 0 radical (unpaired) electrons. The molecule has 0 saturated carbocycles. The van der Waals surface area contributed by atoms with Crippen molar-refractivity contribution in [2.75, 3.05) is 5.32 Å². The van der Waals surface area contributed by atoms with Crippen LogP contribution in [0.2, 0.25) is 0 Å². The molecule has 1 heterocycles. The van der Waals surface area contributed by atoms with Crippen LogP contribution < -0.4 is 5.32 Å². The maximum atomic E-state index is 12.1. The summed E-state index contributed by atoms with van der Waals surface area (Å²) in [5.74, 6) is -1.25. The van der Waals surface area contributed by atoms with Gasteiger partial charge in [-0.25, -0.2) is 4.79 Å². The third kappa shape index (κ3) is 4.15. The number of hydrogen-bond donors (Lipinski definition) is 2. The van der Waals surface area contributed by atoms with Gasteiger partial charge in [-0.15, -0.1) is 11.3 Å². The highest BCUT2D eigenvalue weighted by atomic mass is 79.9. The molecule has 6 heteroatoms. The van der Waals surface area contributed by atoms with Crippen molar-refractivity contribution in [3.63, 3.8) is 0 Å². The average molecular weight is 368 g/mol. The van der Waals surface area contributed by atoms with Gasteiger partial charge in [-0.05, 0) is 30.2 Å². The van der Waals surface area contributed by atoms with Gasteiger partial charge in [-0.2, -0.15) is 0 Å². The monoisotopic (exact) mass is 367 g/mol. The first-order valence-corrected chi connectivity index (χ1v) is 8.01. The summed E-state index contributed by atoms with van der Waals surface area (Å²) in [7, 11) is 0. The number of carbonyl (C=O) groups excluding carboxylic acids is 1. The smallest absolute Gasteiger partial charge is 0.338 e. The van der Waals surface area contributed by atoms with Crippen molar-refractivity contribution in [3.05, 3.63) is 50.8 Å². The number of aryl methyl sites for hydroxylation is 1. The Balaban J connectivity index is 2.12. The molecule has 2 rings (SSSR count). The Morgan fingerprint density at radius 2 is 2.10 bits per heavy atom. The summed E-state index contributed by atoms with van der Waals surface area (Å²) in [5, 5.41) is 12.3. The van der Waals surface area contributed by atoms with Crippen LogP contribution in [0.1, 0.15) is 27.7 Å². The molecular formula is C15H14BrNO3S. The van der Waals surface area contributed by atoms with Crippen molar-refractivity contribution in [1.82, 2.24) is 0 Å². The molecule has 21 heavy (non-hydrogen) atoms. The van der Waals surface area contributed by atoms with Crippen LogP contribution in [0.15, 0.2) is 34.8 Å². The molecule has 4 nitrogen and oxygen atoms in total. The fourth-order valence-corrected chi connectivity index (χ4v) is 3.32. The molecule has 0 aliphatic carbocycles. The summed E-state index contributed by atoms with van der Waals surface area (Å²) in [6.07, 6.45) is 0.949. The molecular weight excluding hydrogens is 354 g/mol. The van der Waals surface area contributed by atoms with Gasteiger partial charge in [0.05, 0.1) is 12.0 Å². The summed E-state index contributed by atoms with van der Waals surface area (Å²) in [4.78, 5) is 24.2. The van der Waals surface area contributed by atoms with Gasteiger partial charge in [-0.3, -0.25) is 4.79 Å². The molecule has 1 aromatic heterocycles. The number of amides is 1. The molecule has 0 spiro atoms. The first kappa shape index (κ1) is 15.7. The van der Waals surface area contributed by atoms with E-state index in [2.05, 4.69) is 21.2 Å². The van der Waals surface area contributed by atoms with E-state index in [1.807, 2.05) is 31.2 Å². The van der Waals surface area contributed by atoms with Crippen LogP contribution in [0.5, 0.6) is 0 Å². The summed E-state index contributed by atoms with van der Waals surface area (Å²) < 4.78 is 0.906. The second kappa shape index (κ2) is 6.87. The number of aromatic carboxylic acids is 1. The maximum Gasteiger partial charge on any atom is 0.338 e. The third-order valence-corrected chi connectivity index (χ3v) is 4.56. The predicted octanol–water partition coefficient (Wildman–Crippen LogP) is 3.95. The highest BCUT2D eigenvalue weighted by Crippen LogP contribution is 2.28. The van der Waals surface area contributed by atoms with Gasteiger partial charge in [-0.1, -0.05) is 35.0 Å². The lowest BCUT2D eigenvalue weighted by Crippen LogP contribution is -2.15. The molecule has 0 saturated heterocycles. The Bertz CT molecular complexity index is 681. The number of hydrogen-bond acceptors (Lipinski definition) is 3. The lowest BCUT2D eigenvalue weighted by Gasteiger charge is -2.05. The van der Waals surface area contributed by atoms with E-state index in [1.165, 1.54) is 11.3 Å². The van der Waals surface area contributed by atoms with E-state index >= 15 is 0 Å². The molecule has 0 unspecified atom stereocenters. The number of rotatable bonds is 5. The molecule has 0 aliphatic heterocycles. The molecule has 2 aromatic rings. The molecule has 110 valence electrons. The average Bonchev–Trinajstić information content (AvgIpc) is 2.81. The first-order valence-electron chi connectivity index (χ1n) is 6.40. The summed E-state index contributed by atoms with van der Waals surface area (Å²) in [5.41, 5.74) is 1.02. The number of carbonyl (C=O) groups is 2. The molecule has 0 fully saturated rings. The number of nitrogens with one attached hydrogen (secondary N) is 1. The second-order valence-electron chi connectivity index (χ2n) is 4.47. The fourth-order valence-electron chi connectivity index (χ4n) is 1.87. The number of carboxylic acids is 1. The minimum atomic E-state index is -1.02. The van der Waals surface area contributed by atoms with Crippen molar-refractivity contribution < 1.29 is 14.7 Å². The zero-order chi connectivity index (χ0) is 15.4. The predicted molar refractivity (Wildman–Crippen MR) is 87.1 cm³/mol. The van der Waals surface area contributed by atoms with E-state index in [4.69, 9.17) is 5.11 Å². The zero-order valence-electron chi connectivity index (χ0n) is 11.4. The highest BCUT2D eigenvalue weighted by Gasteiger charge is 2.16. The quantitative estimate of drug-likeness (QED) is 0.840. The van der Waals surface area contributed by atoms with Crippen LogP contribution in [0.25, 0.3) is 0 Å². The summed E-state index contributed by atoms with van der Waals surface area (Å²) >= 11 is 4.66. The minimum Gasteiger partial charge on any atom is -0.478 e. The van der Waals surface area contributed by atoms with Crippen LogP contribution in [0.4, 0.5) is 5.00 Å². The van der Waals surface area contributed by atoms with Crippen molar-refractivity contribution in [1.29, 1.82) is 0 Å². The number of halogens is 1. The van der Waals surface area contributed by atoms with Crippen molar-refractivity contribution >= 4 is 44.1 Å². The van der Waals surface area contributed by atoms with E-state index in [1.54, 1.807) is 6.07 Å². The number of benzene rings is 1. The van der Waals surface area contributed by atoms with Gasteiger partial charge >= 0.3 is 5.97 Å². The number of carboxylic acid groups (broad SMARTS) is 1. The lowest BCUT2D eigenvalue weighted by molar-refractivity contribution is -0.115. The zero-order valence-corrected chi connectivity index (χ0v) is 13.8. The van der Waals surface area contributed by atoms with Crippen molar-refractivity contribution in [2.24, 2.45) is 0 Å². The highest BCUT2D eigenvalue weighted by molar-refractivity contribution is 9.10. The SMILES string of the molecule is CCc1cc(C(=O)O)c(NC(=O)Cc2cccc(Br)c2)s1. The Kier molecular flexibility index (Phi) is 5.14. The van der Waals surface area contributed by atoms with Crippen LogP contribution >= 0.6 is 27.3 Å². The van der Waals surface area contributed by atoms with Gasteiger partial charge in [0.15, 0.2) is 0 Å². The van der Waals surface area contributed by atoms with Crippen LogP contribution in [-0.2, 0) is 17.6 Å². The molecule has 0 bridgehead atoms. The Labute approximate surface area is 134 Å². The van der Waals surface area contributed by atoms with Gasteiger partial charge < -0.3 is 10.4 Å². The molecule has 1 aromatic carbocycles. The van der Waals surface area contributed by atoms with E-state index in [0.717, 1.165) is 21.3 Å². The van der Waals surface area contributed by atoms with Crippen LogP contribution in [-0.4, -0.2) is 17.0 Å². The normalized spacial score (nSPS) is 10.4. The minimum absolute atomic E-state index is 0.152. The molecule has 0 aliphatic rings. The molecule has 1 amide bonds. The largest absolute Gasteiger partial charge is 0.478 e. The van der Waals surface area contributed by atoms with Crippen LogP contribution in [0, 0.1) is 0 Å². The van der Waals surface area contributed by atoms with E-state index < -0.39 is 5.97 Å². The fraction of sp³-hybridized carbons (Fsp3) is 0.200.